The molecular weight excluding hydrogens is 228 g/mol. The van der Waals surface area contributed by atoms with Gasteiger partial charge in [0.15, 0.2) is 6.29 Å². The van der Waals surface area contributed by atoms with Gasteiger partial charge in [0.1, 0.15) is 0 Å². The number of aliphatic hydroxyl groups excluding tert-OH is 1. The number of fused-ring (bicyclic) bond motifs is 1. The van der Waals surface area contributed by atoms with Crippen molar-refractivity contribution in [2.75, 3.05) is 0 Å². The lowest BCUT2D eigenvalue weighted by atomic mass is 10.0. The molecule has 0 saturated heterocycles. The molecule has 0 aliphatic carbocycles. The van der Waals surface area contributed by atoms with Gasteiger partial charge in [0.2, 0.25) is 0 Å². The molecule has 0 bridgehead atoms. The van der Waals surface area contributed by atoms with Gasteiger partial charge in [-0.25, -0.2) is 0 Å². The van der Waals surface area contributed by atoms with Gasteiger partial charge in [0, 0.05) is 23.2 Å². The minimum absolute atomic E-state index is 0.249. The van der Waals surface area contributed by atoms with Crippen molar-refractivity contribution in [3.8, 4) is 6.07 Å². The summed E-state index contributed by atoms with van der Waals surface area (Å²) in [6, 6.07) is 5.62. The molecule has 0 unspecified atom stereocenters. The van der Waals surface area contributed by atoms with Crippen molar-refractivity contribution < 1.29 is 10.2 Å². The number of aliphatic hydroxyl groups is 2. The van der Waals surface area contributed by atoms with Crippen molar-refractivity contribution >= 4 is 10.9 Å². The third-order valence-corrected chi connectivity index (χ3v) is 3.12. The van der Waals surface area contributed by atoms with E-state index in [0.29, 0.717) is 11.1 Å². The Balaban J connectivity index is 2.89. The Kier molecular flexibility index (Phi) is 3.12. The van der Waals surface area contributed by atoms with E-state index in [1.54, 1.807) is 6.07 Å². The summed E-state index contributed by atoms with van der Waals surface area (Å²) in [4.78, 5) is 0. The van der Waals surface area contributed by atoms with Crippen molar-refractivity contribution in [2.45, 2.75) is 33.1 Å². The van der Waals surface area contributed by atoms with Crippen LogP contribution in [0.1, 0.15) is 42.9 Å². The third kappa shape index (κ3) is 1.88. The quantitative estimate of drug-likeness (QED) is 0.797. The number of aromatic nitrogens is 1. The van der Waals surface area contributed by atoms with Crippen LogP contribution in [0.25, 0.3) is 10.9 Å². The molecule has 0 fully saturated rings. The second-order valence-electron chi connectivity index (χ2n) is 4.76. The normalized spacial score (nSPS) is 11.4. The van der Waals surface area contributed by atoms with Crippen LogP contribution in [0.2, 0.25) is 0 Å². The van der Waals surface area contributed by atoms with Gasteiger partial charge < -0.3 is 14.8 Å². The average molecular weight is 244 g/mol. The first-order chi connectivity index (χ1) is 8.45. The molecule has 0 aliphatic rings. The highest BCUT2D eigenvalue weighted by Crippen LogP contribution is 2.31. The van der Waals surface area contributed by atoms with E-state index in [1.165, 1.54) is 6.07 Å². The summed E-state index contributed by atoms with van der Waals surface area (Å²) in [6.45, 7) is 6.03. The molecule has 0 amide bonds. The fraction of sp³-hybridized carbons (Fsp3) is 0.357. The lowest BCUT2D eigenvalue weighted by Crippen LogP contribution is -2.01. The molecule has 0 saturated carbocycles. The zero-order valence-corrected chi connectivity index (χ0v) is 10.7. The van der Waals surface area contributed by atoms with Gasteiger partial charge in [-0.3, -0.25) is 0 Å². The second-order valence-corrected chi connectivity index (χ2v) is 4.76. The van der Waals surface area contributed by atoms with Crippen LogP contribution in [-0.4, -0.2) is 14.8 Å². The summed E-state index contributed by atoms with van der Waals surface area (Å²) in [7, 11) is 0. The number of aryl methyl sites for hydroxylation is 1. The fourth-order valence-electron chi connectivity index (χ4n) is 2.32. The first kappa shape index (κ1) is 12.6. The van der Waals surface area contributed by atoms with Gasteiger partial charge in [-0.15, -0.1) is 0 Å². The molecule has 1 aromatic heterocycles. The summed E-state index contributed by atoms with van der Waals surface area (Å²) < 4.78 is 2.04. The van der Waals surface area contributed by atoms with E-state index in [9.17, 15) is 10.2 Å². The Morgan fingerprint density at radius 3 is 2.44 bits per heavy atom. The highest BCUT2D eigenvalue weighted by Gasteiger charge is 2.16. The molecule has 4 nitrogen and oxygen atoms in total. The Hall–Kier alpha value is -1.83. The zero-order chi connectivity index (χ0) is 13.4. The molecule has 18 heavy (non-hydrogen) atoms. The number of hydrogen-bond donors (Lipinski definition) is 2. The molecule has 2 rings (SSSR count). The Bertz CT molecular complexity index is 633. The topological polar surface area (TPSA) is 69.2 Å². The minimum Gasteiger partial charge on any atom is -0.364 e. The van der Waals surface area contributed by atoms with Gasteiger partial charge in [0.05, 0.1) is 17.1 Å². The smallest absolute Gasteiger partial charge is 0.179 e. The van der Waals surface area contributed by atoms with Gasteiger partial charge in [-0.05, 0) is 38.5 Å². The van der Waals surface area contributed by atoms with Crippen LogP contribution in [0, 0.1) is 18.3 Å². The molecule has 94 valence electrons. The highest BCUT2D eigenvalue weighted by molar-refractivity contribution is 5.88. The van der Waals surface area contributed by atoms with Crippen LogP contribution < -0.4 is 0 Å². The monoisotopic (exact) mass is 244 g/mol. The summed E-state index contributed by atoms with van der Waals surface area (Å²) >= 11 is 0. The fourth-order valence-corrected chi connectivity index (χ4v) is 2.32. The zero-order valence-electron chi connectivity index (χ0n) is 10.7. The first-order valence-electron chi connectivity index (χ1n) is 5.87. The second kappa shape index (κ2) is 4.45. The maximum atomic E-state index is 9.45. The summed E-state index contributed by atoms with van der Waals surface area (Å²) in [5.41, 5.74) is 2.67. The number of benzene rings is 1. The first-order valence-corrected chi connectivity index (χ1v) is 5.87. The highest BCUT2D eigenvalue weighted by atomic mass is 16.5. The standard InChI is InChI=1S/C14H16N2O2/c1-8(2)16-7-9(3)13-11(14(17)18)4-10(6-15)5-12(13)16/h4-5,7-8,14,17-18H,1-3H3. The number of nitriles is 1. The van der Waals surface area contributed by atoms with Crippen molar-refractivity contribution in [1.29, 1.82) is 5.26 Å². The van der Waals surface area contributed by atoms with E-state index >= 15 is 0 Å². The molecule has 0 radical (unpaired) electrons. The summed E-state index contributed by atoms with van der Waals surface area (Å²) in [5, 5.41) is 28.7. The molecule has 0 spiro atoms. The molecule has 0 aliphatic heterocycles. The predicted molar refractivity (Wildman–Crippen MR) is 69.0 cm³/mol. The van der Waals surface area contributed by atoms with Crippen LogP contribution in [-0.2, 0) is 0 Å². The Labute approximate surface area is 106 Å². The van der Waals surface area contributed by atoms with Gasteiger partial charge in [-0.2, -0.15) is 5.26 Å². The van der Waals surface area contributed by atoms with E-state index in [0.717, 1.165) is 16.5 Å². The van der Waals surface area contributed by atoms with Gasteiger partial charge in [-0.1, -0.05) is 0 Å². The van der Waals surface area contributed by atoms with E-state index in [4.69, 9.17) is 5.26 Å². The van der Waals surface area contributed by atoms with E-state index in [-0.39, 0.29) is 6.04 Å². The molecule has 2 N–H and O–H groups in total. The Morgan fingerprint density at radius 1 is 1.28 bits per heavy atom. The predicted octanol–water partition coefficient (Wildman–Crippen LogP) is 2.39. The van der Waals surface area contributed by atoms with E-state index < -0.39 is 6.29 Å². The number of hydrogen-bond acceptors (Lipinski definition) is 3. The lowest BCUT2D eigenvalue weighted by molar-refractivity contribution is -0.0413. The van der Waals surface area contributed by atoms with Crippen LogP contribution in [0.5, 0.6) is 0 Å². The minimum atomic E-state index is -1.57. The molecule has 1 heterocycles. The SMILES string of the molecule is Cc1cn(C(C)C)c2cc(C#N)cc(C(O)O)c12. The number of rotatable bonds is 2. The largest absolute Gasteiger partial charge is 0.364 e. The maximum absolute atomic E-state index is 9.45. The third-order valence-electron chi connectivity index (χ3n) is 3.12. The molecular formula is C14H16N2O2. The average Bonchev–Trinajstić information content (AvgIpc) is 2.65. The molecule has 2 aromatic rings. The van der Waals surface area contributed by atoms with Crippen molar-refractivity contribution in [3.05, 3.63) is 35.0 Å². The summed E-state index contributed by atoms with van der Waals surface area (Å²) in [5.74, 6) is 0. The van der Waals surface area contributed by atoms with Gasteiger partial charge >= 0.3 is 0 Å². The number of nitrogens with zero attached hydrogens (tertiary/aromatic N) is 2. The van der Waals surface area contributed by atoms with Gasteiger partial charge in [0.25, 0.3) is 0 Å². The summed E-state index contributed by atoms with van der Waals surface area (Å²) in [6.07, 6.45) is 0.407. The van der Waals surface area contributed by atoms with Crippen LogP contribution in [0.3, 0.4) is 0 Å². The molecule has 1 aromatic carbocycles. The van der Waals surface area contributed by atoms with E-state index in [1.807, 2.05) is 31.5 Å². The van der Waals surface area contributed by atoms with Crippen LogP contribution in [0.4, 0.5) is 0 Å². The van der Waals surface area contributed by atoms with Crippen molar-refractivity contribution in [2.24, 2.45) is 0 Å². The van der Waals surface area contributed by atoms with Crippen molar-refractivity contribution in [3.63, 3.8) is 0 Å². The Morgan fingerprint density at radius 2 is 1.94 bits per heavy atom. The van der Waals surface area contributed by atoms with Crippen LogP contribution >= 0.6 is 0 Å². The lowest BCUT2D eigenvalue weighted by Gasteiger charge is -2.11. The molecule has 4 heteroatoms. The molecule has 0 atom stereocenters. The van der Waals surface area contributed by atoms with Crippen LogP contribution in [0.15, 0.2) is 18.3 Å². The van der Waals surface area contributed by atoms with E-state index in [2.05, 4.69) is 6.07 Å². The van der Waals surface area contributed by atoms with Crippen molar-refractivity contribution in [1.82, 2.24) is 4.57 Å². The maximum Gasteiger partial charge on any atom is 0.179 e.